The molecule has 0 aromatic carbocycles. The van der Waals surface area contributed by atoms with Crippen molar-refractivity contribution in [3.05, 3.63) is 18.6 Å². The van der Waals surface area contributed by atoms with E-state index in [1.165, 1.54) is 19.3 Å². The fraction of sp³-hybridized carbons (Fsp3) is 0.650. The Kier molecular flexibility index (Phi) is 3.65. The summed E-state index contributed by atoms with van der Waals surface area (Å²) < 4.78 is 15.0. The van der Waals surface area contributed by atoms with E-state index < -0.39 is 5.79 Å². The molecule has 3 fully saturated rings. The van der Waals surface area contributed by atoms with Crippen molar-refractivity contribution in [3.8, 4) is 0 Å². The Morgan fingerprint density at radius 3 is 2.78 bits per heavy atom. The lowest BCUT2D eigenvalue weighted by Crippen LogP contribution is -2.41. The smallest absolute Gasteiger partial charge is 0.166 e. The highest BCUT2D eigenvalue weighted by Gasteiger charge is 2.63. The number of hydrogen-bond donors (Lipinski definition) is 0. The fourth-order valence-electron chi connectivity index (χ4n) is 5.07. The third kappa shape index (κ3) is 2.59. The first-order chi connectivity index (χ1) is 12.9. The van der Waals surface area contributed by atoms with Crippen molar-refractivity contribution >= 4 is 23.2 Å². The minimum Gasteiger partial charge on any atom is -0.369 e. The summed E-state index contributed by atoms with van der Waals surface area (Å²) in [5.41, 5.74) is 1.18. The molecular formula is C20H27N5O2. The molecule has 3 heterocycles. The predicted octanol–water partition coefficient (Wildman–Crippen LogP) is 3.29. The van der Waals surface area contributed by atoms with Crippen molar-refractivity contribution in [2.45, 2.75) is 63.6 Å². The average Bonchev–Trinajstić information content (AvgIpc) is 3.21. The lowest BCUT2D eigenvalue weighted by molar-refractivity contribution is -0.176. The molecule has 2 saturated carbocycles. The Balaban J connectivity index is 1.55. The van der Waals surface area contributed by atoms with Crippen LogP contribution in [0, 0.1) is 5.41 Å². The van der Waals surface area contributed by atoms with Gasteiger partial charge >= 0.3 is 0 Å². The monoisotopic (exact) mass is 369 g/mol. The minimum absolute atomic E-state index is 0.0691. The molecule has 144 valence electrons. The van der Waals surface area contributed by atoms with Crippen LogP contribution >= 0.6 is 0 Å². The van der Waals surface area contributed by atoms with E-state index in [2.05, 4.69) is 31.8 Å². The first-order valence-electron chi connectivity index (χ1n) is 9.76. The van der Waals surface area contributed by atoms with E-state index in [-0.39, 0.29) is 23.7 Å². The summed E-state index contributed by atoms with van der Waals surface area (Å²) in [4.78, 5) is 15.3. The molecule has 27 heavy (non-hydrogen) atoms. The molecule has 7 nitrogen and oxygen atoms in total. The van der Waals surface area contributed by atoms with Gasteiger partial charge in [-0.2, -0.15) is 0 Å². The molecule has 0 unspecified atom stereocenters. The molecule has 2 aliphatic carbocycles. The zero-order chi connectivity index (χ0) is 18.8. The Morgan fingerprint density at radius 1 is 1.26 bits per heavy atom. The second kappa shape index (κ2) is 5.75. The van der Waals surface area contributed by atoms with E-state index in [4.69, 9.17) is 9.47 Å². The number of aromatic nitrogens is 3. The van der Waals surface area contributed by atoms with Gasteiger partial charge in [-0.1, -0.05) is 6.42 Å². The molecule has 0 amide bonds. The molecule has 0 N–H and O–H groups in total. The number of nitrogens with zero attached hydrogens (tertiary/aromatic N) is 5. The second-order valence-electron chi connectivity index (χ2n) is 8.87. The van der Waals surface area contributed by atoms with Gasteiger partial charge in [0.25, 0.3) is 0 Å². The van der Waals surface area contributed by atoms with Crippen molar-refractivity contribution in [1.82, 2.24) is 19.4 Å². The van der Waals surface area contributed by atoms with Crippen LogP contribution in [0.4, 0.5) is 5.82 Å². The molecule has 1 spiro atoms. The molecule has 3 aliphatic rings. The largest absolute Gasteiger partial charge is 0.369 e. The van der Waals surface area contributed by atoms with Gasteiger partial charge in [0.05, 0.1) is 23.9 Å². The van der Waals surface area contributed by atoms with Crippen LogP contribution in [0.2, 0.25) is 0 Å². The van der Waals surface area contributed by atoms with Gasteiger partial charge in [-0.05, 0) is 39.2 Å². The standard InChI is InChI=1S/C20H27N5O2/c1-19(2)26-15-14(10-20(7-5-8-20)16(15)27-19)25-9-6-13-17(23-12-24(3)4)21-11-22-18(13)25/h6,9,11-12,14-16H,5,7-8,10H2,1-4H3/b23-12+/t14-,15+,16+/m1/s1. The van der Waals surface area contributed by atoms with E-state index in [1.54, 1.807) is 12.7 Å². The lowest BCUT2D eigenvalue weighted by Gasteiger charge is -2.42. The van der Waals surface area contributed by atoms with Crippen molar-refractivity contribution in [2.24, 2.45) is 10.4 Å². The fourth-order valence-corrected chi connectivity index (χ4v) is 5.07. The average molecular weight is 369 g/mol. The van der Waals surface area contributed by atoms with Gasteiger partial charge in [0.15, 0.2) is 11.6 Å². The first-order valence-corrected chi connectivity index (χ1v) is 9.76. The Morgan fingerprint density at radius 2 is 2.07 bits per heavy atom. The van der Waals surface area contributed by atoms with Crippen molar-refractivity contribution < 1.29 is 9.47 Å². The molecule has 2 aromatic rings. The molecule has 0 bridgehead atoms. The van der Waals surface area contributed by atoms with E-state index in [9.17, 15) is 0 Å². The maximum atomic E-state index is 6.38. The van der Waals surface area contributed by atoms with Gasteiger partial charge in [0, 0.05) is 25.7 Å². The van der Waals surface area contributed by atoms with Crippen LogP contribution in [0.25, 0.3) is 11.0 Å². The normalized spacial score (nSPS) is 30.9. The van der Waals surface area contributed by atoms with Gasteiger partial charge in [0.1, 0.15) is 18.1 Å². The third-order valence-corrected chi connectivity index (χ3v) is 6.33. The van der Waals surface area contributed by atoms with Crippen LogP contribution in [0.3, 0.4) is 0 Å². The Hall–Kier alpha value is -1.99. The second-order valence-corrected chi connectivity index (χ2v) is 8.87. The van der Waals surface area contributed by atoms with Crippen LogP contribution in [0.15, 0.2) is 23.6 Å². The topological polar surface area (TPSA) is 64.8 Å². The molecular weight excluding hydrogens is 342 g/mol. The molecule has 1 saturated heterocycles. The molecule has 3 atom stereocenters. The van der Waals surface area contributed by atoms with Gasteiger partial charge in [0.2, 0.25) is 0 Å². The maximum Gasteiger partial charge on any atom is 0.166 e. The zero-order valence-electron chi connectivity index (χ0n) is 16.4. The highest BCUT2D eigenvalue weighted by atomic mass is 16.8. The number of aliphatic imine (C=N–C) groups is 1. The summed E-state index contributed by atoms with van der Waals surface area (Å²) in [7, 11) is 3.89. The SMILES string of the molecule is CN(C)/C=N/c1ncnc2c1ccn2[C@@H]1CC2(CCC2)[C@H]2OC(C)(C)O[C@@H]12. The molecule has 0 radical (unpaired) electrons. The van der Waals surface area contributed by atoms with Crippen LogP contribution in [-0.4, -0.2) is 57.9 Å². The highest BCUT2D eigenvalue weighted by molar-refractivity contribution is 5.87. The summed E-state index contributed by atoms with van der Waals surface area (Å²) in [5.74, 6) is 0.180. The molecule has 1 aliphatic heterocycles. The highest BCUT2D eigenvalue weighted by Crippen LogP contribution is 2.62. The zero-order valence-corrected chi connectivity index (χ0v) is 16.4. The Bertz CT molecular complexity index is 899. The third-order valence-electron chi connectivity index (χ3n) is 6.33. The van der Waals surface area contributed by atoms with Crippen LogP contribution in [0.1, 0.15) is 45.6 Å². The number of hydrogen-bond acceptors (Lipinski definition) is 5. The number of fused-ring (bicyclic) bond motifs is 3. The summed E-state index contributed by atoms with van der Waals surface area (Å²) in [6, 6.07) is 2.30. The first kappa shape index (κ1) is 17.1. The van der Waals surface area contributed by atoms with Crippen LogP contribution in [-0.2, 0) is 9.47 Å². The quantitative estimate of drug-likeness (QED) is 0.614. The van der Waals surface area contributed by atoms with Crippen molar-refractivity contribution in [2.75, 3.05) is 14.1 Å². The van der Waals surface area contributed by atoms with Crippen LogP contribution < -0.4 is 0 Å². The number of ether oxygens (including phenoxy) is 2. The van der Waals surface area contributed by atoms with Gasteiger partial charge < -0.3 is 18.9 Å². The molecule has 5 rings (SSSR count). The summed E-state index contributed by atoms with van der Waals surface area (Å²) in [6.07, 6.45) is 10.6. The molecule has 2 aromatic heterocycles. The van der Waals surface area contributed by atoms with Crippen molar-refractivity contribution in [3.63, 3.8) is 0 Å². The summed E-state index contributed by atoms with van der Waals surface area (Å²) in [5, 5.41) is 0.972. The predicted molar refractivity (Wildman–Crippen MR) is 103 cm³/mol. The molecule has 7 heteroatoms. The lowest BCUT2D eigenvalue weighted by atomic mass is 9.66. The van der Waals surface area contributed by atoms with E-state index in [1.807, 2.05) is 32.8 Å². The minimum atomic E-state index is -0.518. The van der Waals surface area contributed by atoms with Gasteiger partial charge in [-0.25, -0.2) is 15.0 Å². The Labute approximate surface area is 159 Å². The van der Waals surface area contributed by atoms with E-state index in [0.717, 1.165) is 17.5 Å². The number of rotatable bonds is 3. The van der Waals surface area contributed by atoms with Gasteiger partial charge in [-0.15, -0.1) is 0 Å². The maximum absolute atomic E-state index is 6.38. The summed E-state index contributed by atoms with van der Waals surface area (Å²) >= 11 is 0. The van der Waals surface area contributed by atoms with Gasteiger partial charge in [-0.3, -0.25) is 0 Å². The van der Waals surface area contributed by atoms with Crippen LogP contribution in [0.5, 0.6) is 0 Å². The van der Waals surface area contributed by atoms with E-state index in [0.29, 0.717) is 5.82 Å². The van der Waals surface area contributed by atoms with Crippen molar-refractivity contribution in [1.29, 1.82) is 0 Å². The van der Waals surface area contributed by atoms with E-state index >= 15 is 0 Å². The summed E-state index contributed by atoms with van der Waals surface area (Å²) in [6.45, 7) is 4.05.